The van der Waals surface area contributed by atoms with Crippen molar-refractivity contribution in [1.29, 1.82) is 0 Å². The number of carbonyl (C=O) groups excluding carboxylic acids is 1. The van der Waals surface area contributed by atoms with Gasteiger partial charge < -0.3 is 15.0 Å². The first-order chi connectivity index (χ1) is 14.7. The Labute approximate surface area is 176 Å². The number of aromatic nitrogens is 1. The van der Waals surface area contributed by atoms with Crippen molar-refractivity contribution < 1.29 is 9.53 Å². The van der Waals surface area contributed by atoms with Crippen LogP contribution in [0, 0.1) is 6.92 Å². The van der Waals surface area contributed by atoms with Gasteiger partial charge in [0.15, 0.2) is 0 Å². The SMILES string of the molecule is COC(=O)/C(=C\Nc1ccccc1)C(c1ccc(C)cc1)c1c[nH]c2ccccc12. The van der Waals surface area contributed by atoms with Crippen LogP contribution in [0.5, 0.6) is 0 Å². The molecule has 0 amide bonds. The monoisotopic (exact) mass is 396 g/mol. The molecule has 0 aliphatic heterocycles. The Morgan fingerprint density at radius 3 is 2.40 bits per heavy atom. The third kappa shape index (κ3) is 3.98. The summed E-state index contributed by atoms with van der Waals surface area (Å²) < 4.78 is 5.18. The number of para-hydroxylation sites is 2. The lowest BCUT2D eigenvalue weighted by Gasteiger charge is -2.20. The average Bonchev–Trinajstić information content (AvgIpc) is 3.21. The van der Waals surface area contributed by atoms with E-state index in [1.807, 2.05) is 54.7 Å². The summed E-state index contributed by atoms with van der Waals surface area (Å²) in [7, 11) is 1.42. The second-order valence-corrected chi connectivity index (χ2v) is 7.23. The first-order valence-electron chi connectivity index (χ1n) is 9.90. The molecule has 4 heteroatoms. The van der Waals surface area contributed by atoms with Crippen molar-refractivity contribution in [1.82, 2.24) is 4.98 Å². The van der Waals surface area contributed by atoms with Crippen molar-refractivity contribution in [3.63, 3.8) is 0 Å². The summed E-state index contributed by atoms with van der Waals surface area (Å²) in [6.07, 6.45) is 3.74. The van der Waals surface area contributed by atoms with Gasteiger partial charge in [-0.2, -0.15) is 0 Å². The molecule has 0 aliphatic rings. The van der Waals surface area contributed by atoms with Gasteiger partial charge in [-0.15, -0.1) is 0 Å². The normalized spacial score (nSPS) is 12.5. The van der Waals surface area contributed by atoms with E-state index in [2.05, 4.69) is 47.6 Å². The summed E-state index contributed by atoms with van der Waals surface area (Å²) >= 11 is 0. The molecule has 3 aromatic carbocycles. The van der Waals surface area contributed by atoms with Gasteiger partial charge in [0.1, 0.15) is 0 Å². The Kier molecular flexibility index (Phi) is 5.66. The zero-order valence-corrected chi connectivity index (χ0v) is 17.1. The highest BCUT2D eigenvalue weighted by molar-refractivity contribution is 5.94. The van der Waals surface area contributed by atoms with E-state index >= 15 is 0 Å². The van der Waals surface area contributed by atoms with Crippen LogP contribution in [0.4, 0.5) is 5.69 Å². The van der Waals surface area contributed by atoms with Crippen LogP contribution in [0.25, 0.3) is 10.9 Å². The molecule has 30 heavy (non-hydrogen) atoms. The first-order valence-corrected chi connectivity index (χ1v) is 9.90. The number of rotatable bonds is 6. The minimum atomic E-state index is -0.366. The Morgan fingerprint density at radius 1 is 0.967 bits per heavy atom. The molecule has 2 N–H and O–H groups in total. The zero-order valence-electron chi connectivity index (χ0n) is 17.1. The minimum absolute atomic E-state index is 0.287. The molecule has 0 radical (unpaired) electrons. The summed E-state index contributed by atoms with van der Waals surface area (Å²) in [5.74, 6) is -0.653. The number of anilines is 1. The smallest absolute Gasteiger partial charge is 0.336 e. The van der Waals surface area contributed by atoms with Crippen molar-refractivity contribution in [3.8, 4) is 0 Å². The number of aromatic amines is 1. The summed E-state index contributed by atoms with van der Waals surface area (Å²) in [6.45, 7) is 2.05. The van der Waals surface area contributed by atoms with E-state index in [4.69, 9.17) is 4.74 Å². The standard InChI is InChI=1S/C26H24N2O2/c1-18-12-14-19(15-13-18)25(22-16-28-24-11-7-6-10-21(22)24)23(26(29)30-2)17-27-20-8-4-3-5-9-20/h3-17,25,27-28H,1-2H3/b23-17-. The van der Waals surface area contributed by atoms with Crippen LogP contribution >= 0.6 is 0 Å². The Morgan fingerprint density at radius 2 is 1.67 bits per heavy atom. The molecule has 1 unspecified atom stereocenters. The number of hydrogen-bond acceptors (Lipinski definition) is 3. The highest BCUT2D eigenvalue weighted by atomic mass is 16.5. The van der Waals surface area contributed by atoms with Crippen LogP contribution in [-0.2, 0) is 9.53 Å². The van der Waals surface area contributed by atoms with E-state index in [0.29, 0.717) is 5.57 Å². The highest BCUT2D eigenvalue weighted by Gasteiger charge is 2.27. The summed E-state index contributed by atoms with van der Waals surface area (Å²) in [6, 6.07) is 26.2. The zero-order chi connectivity index (χ0) is 20.9. The minimum Gasteiger partial charge on any atom is -0.466 e. The predicted molar refractivity (Wildman–Crippen MR) is 121 cm³/mol. The molecule has 150 valence electrons. The maximum Gasteiger partial charge on any atom is 0.336 e. The van der Waals surface area contributed by atoms with Gasteiger partial charge in [0.2, 0.25) is 0 Å². The van der Waals surface area contributed by atoms with E-state index in [1.165, 1.54) is 12.7 Å². The predicted octanol–water partition coefficient (Wildman–Crippen LogP) is 5.78. The van der Waals surface area contributed by atoms with Crippen LogP contribution < -0.4 is 5.32 Å². The molecule has 1 heterocycles. The van der Waals surface area contributed by atoms with Crippen molar-refractivity contribution in [2.75, 3.05) is 12.4 Å². The quantitative estimate of drug-likeness (QED) is 0.321. The van der Waals surface area contributed by atoms with Gasteiger partial charge in [-0.05, 0) is 36.2 Å². The number of nitrogens with one attached hydrogen (secondary N) is 2. The van der Waals surface area contributed by atoms with Gasteiger partial charge in [0.05, 0.1) is 12.7 Å². The van der Waals surface area contributed by atoms with Crippen LogP contribution in [0.15, 0.2) is 96.8 Å². The van der Waals surface area contributed by atoms with Gasteiger partial charge in [-0.25, -0.2) is 4.79 Å². The number of aryl methyl sites for hydroxylation is 1. The fourth-order valence-electron chi connectivity index (χ4n) is 3.69. The van der Waals surface area contributed by atoms with Crippen LogP contribution in [0.2, 0.25) is 0 Å². The Bertz CT molecular complexity index is 1170. The molecule has 4 rings (SSSR count). The largest absolute Gasteiger partial charge is 0.466 e. The molecule has 1 atom stereocenters. The van der Waals surface area contributed by atoms with Gasteiger partial charge in [0.25, 0.3) is 0 Å². The topological polar surface area (TPSA) is 54.1 Å². The second kappa shape index (κ2) is 8.70. The lowest BCUT2D eigenvalue weighted by Crippen LogP contribution is -2.16. The second-order valence-electron chi connectivity index (χ2n) is 7.23. The van der Waals surface area contributed by atoms with Gasteiger partial charge in [0, 0.05) is 34.9 Å². The van der Waals surface area contributed by atoms with Crippen molar-refractivity contribution in [2.45, 2.75) is 12.8 Å². The number of benzene rings is 3. The summed E-state index contributed by atoms with van der Waals surface area (Å²) in [5, 5.41) is 4.34. The van der Waals surface area contributed by atoms with E-state index in [1.54, 1.807) is 6.20 Å². The third-order valence-corrected chi connectivity index (χ3v) is 5.24. The van der Waals surface area contributed by atoms with E-state index in [0.717, 1.165) is 27.7 Å². The molecule has 1 aromatic heterocycles. The van der Waals surface area contributed by atoms with Crippen molar-refractivity contribution in [2.24, 2.45) is 0 Å². The Hall–Kier alpha value is -3.79. The van der Waals surface area contributed by atoms with Crippen molar-refractivity contribution >= 4 is 22.6 Å². The molecule has 0 saturated carbocycles. The number of methoxy groups -OCH3 is 1. The number of carbonyl (C=O) groups is 1. The van der Waals surface area contributed by atoms with Crippen LogP contribution in [0.1, 0.15) is 22.6 Å². The van der Waals surface area contributed by atoms with Crippen LogP contribution in [0.3, 0.4) is 0 Å². The van der Waals surface area contributed by atoms with E-state index in [-0.39, 0.29) is 11.9 Å². The number of ether oxygens (including phenoxy) is 1. The molecule has 4 nitrogen and oxygen atoms in total. The van der Waals surface area contributed by atoms with Gasteiger partial charge in [-0.3, -0.25) is 0 Å². The molecular weight excluding hydrogens is 372 g/mol. The molecule has 0 bridgehead atoms. The van der Waals surface area contributed by atoms with Gasteiger partial charge in [-0.1, -0.05) is 66.2 Å². The number of H-pyrrole nitrogens is 1. The fraction of sp³-hybridized carbons (Fsp3) is 0.115. The molecule has 0 fully saturated rings. The highest BCUT2D eigenvalue weighted by Crippen LogP contribution is 2.37. The fourth-order valence-corrected chi connectivity index (χ4v) is 3.69. The van der Waals surface area contributed by atoms with Crippen LogP contribution in [-0.4, -0.2) is 18.1 Å². The average molecular weight is 396 g/mol. The van der Waals surface area contributed by atoms with E-state index in [9.17, 15) is 4.79 Å². The maximum absolute atomic E-state index is 12.9. The third-order valence-electron chi connectivity index (χ3n) is 5.24. The maximum atomic E-state index is 12.9. The molecule has 0 saturated heterocycles. The Balaban J connectivity index is 1.87. The number of esters is 1. The van der Waals surface area contributed by atoms with E-state index < -0.39 is 0 Å². The first kappa shape index (κ1) is 19.5. The molecule has 0 spiro atoms. The summed E-state index contributed by atoms with van der Waals surface area (Å²) in [5.41, 5.74) is 5.69. The van der Waals surface area contributed by atoms with Crippen molar-refractivity contribution in [3.05, 3.63) is 114 Å². The molecule has 4 aromatic rings. The number of hydrogen-bond donors (Lipinski definition) is 2. The number of fused-ring (bicyclic) bond motifs is 1. The lowest BCUT2D eigenvalue weighted by atomic mass is 9.84. The lowest BCUT2D eigenvalue weighted by molar-refractivity contribution is -0.136. The van der Waals surface area contributed by atoms with Gasteiger partial charge >= 0.3 is 5.97 Å². The molecular formula is C26H24N2O2. The molecule has 0 aliphatic carbocycles. The summed E-state index contributed by atoms with van der Waals surface area (Å²) in [4.78, 5) is 16.2.